The minimum Gasteiger partial charge on any atom is -0.444 e. The van der Waals surface area contributed by atoms with E-state index in [1.165, 1.54) is 25.7 Å². The molecule has 8 heteroatoms. The molecule has 2 aromatic carbocycles. The summed E-state index contributed by atoms with van der Waals surface area (Å²) in [5, 5.41) is 1.10. The van der Waals surface area contributed by atoms with Crippen molar-refractivity contribution in [2.45, 2.75) is 76.9 Å². The van der Waals surface area contributed by atoms with E-state index in [9.17, 15) is 4.79 Å². The van der Waals surface area contributed by atoms with Gasteiger partial charge in [-0.05, 0) is 69.7 Å². The Labute approximate surface area is 251 Å². The van der Waals surface area contributed by atoms with Gasteiger partial charge in [-0.1, -0.05) is 49.2 Å². The second kappa shape index (κ2) is 11.0. The maximum atomic E-state index is 12.8. The van der Waals surface area contributed by atoms with Crippen LogP contribution >= 0.6 is 0 Å². The summed E-state index contributed by atoms with van der Waals surface area (Å²) >= 11 is 0. The molecular formula is C35H38N6O2. The van der Waals surface area contributed by atoms with Gasteiger partial charge in [-0.2, -0.15) is 0 Å². The Bertz CT molecular complexity index is 1760. The number of carbonyl (C=O) groups excluding carboxylic acids is 1. The third-order valence-corrected chi connectivity index (χ3v) is 8.65. The van der Waals surface area contributed by atoms with Crippen molar-refractivity contribution in [1.29, 1.82) is 0 Å². The fourth-order valence-electron chi connectivity index (χ4n) is 6.42. The largest absolute Gasteiger partial charge is 0.444 e. The Morgan fingerprint density at radius 3 is 2.21 bits per heavy atom. The van der Waals surface area contributed by atoms with Crippen molar-refractivity contribution in [2.24, 2.45) is 0 Å². The van der Waals surface area contributed by atoms with Gasteiger partial charge < -0.3 is 14.7 Å². The molecule has 1 aliphatic carbocycles. The molecule has 4 heterocycles. The number of carbonyl (C=O) groups is 1. The highest BCUT2D eigenvalue weighted by Crippen LogP contribution is 2.35. The minimum absolute atomic E-state index is 0.102. The van der Waals surface area contributed by atoms with Crippen molar-refractivity contribution in [3.63, 3.8) is 0 Å². The number of amides is 1. The van der Waals surface area contributed by atoms with E-state index in [0.717, 1.165) is 69.0 Å². The summed E-state index contributed by atoms with van der Waals surface area (Å²) < 4.78 is 5.63. The number of hydrogen-bond donors (Lipinski definition) is 2. The number of fused-ring (bicyclic) bond motifs is 1. The molecular weight excluding hydrogens is 536 g/mol. The van der Waals surface area contributed by atoms with Gasteiger partial charge in [0.2, 0.25) is 0 Å². The summed E-state index contributed by atoms with van der Waals surface area (Å²) in [4.78, 5) is 35.7. The first kappa shape index (κ1) is 27.4. The quantitative estimate of drug-likeness (QED) is 0.219. The van der Waals surface area contributed by atoms with Gasteiger partial charge in [0.1, 0.15) is 17.2 Å². The summed E-state index contributed by atoms with van der Waals surface area (Å²) in [5.74, 6) is 2.48. The van der Waals surface area contributed by atoms with Gasteiger partial charge >= 0.3 is 6.09 Å². The monoisotopic (exact) mass is 574 g/mol. The number of nitrogens with one attached hydrogen (secondary N) is 2. The van der Waals surface area contributed by atoms with E-state index >= 15 is 0 Å². The molecule has 1 saturated carbocycles. The van der Waals surface area contributed by atoms with E-state index in [2.05, 4.69) is 68.5 Å². The van der Waals surface area contributed by atoms with Crippen molar-refractivity contribution in [1.82, 2.24) is 29.8 Å². The van der Waals surface area contributed by atoms with Crippen molar-refractivity contribution >= 4 is 17.0 Å². The zero-order chi connectivity index (χ0) is 29.6. The average molecular weight is 575 g/mol. The molecule has 1 atom stereocenters. The first-order valence-corrected chi connectivity index (χ1v) is 15.4. The molecule has 3 aromatic heterocycles. The third kappa shape index (κ3) is 5.66. The Hall–Kier alpha value is -4.46. The molecule has 0 bridgehead atoms. The first-order valence-electron chi connectivity index (χ1n) is 15.4. The molecule has 0 spiro atoms. The number of aromatic amines is 2. The predicted octanol–water partition coefficient (Wildman–Crippen LogP) is 8.41. The van der Waals surface area contributed by atoms with Crippen LogP contribution in [0.25, 0.3) is 44.5 Å². The third-order valence-electron chi connectivity index (χ3n) is 8.65. The normalized spacial score (nSPS) is 17.7. The zero-order valence-corrected chi connectivity index (χ0v) is 25.1. The number of likely N-dealkylation sites (tertiary alicyclic amines) is 1. The number of aromatic nitrogens is 5. The van der Waals surface area contributed by atoms with Crippen molar-refractivity contribution in [3.05, 3.63) is 78.8 Å². The fraction of sp³-hybridized carbons (Fsp3) is 0.371. The highest BCUT2D eigenvalue weighted by Gasteiger charge is 2.34. The topological polar surface area (TPSA) is 99.8 Å². The van der Waals surface area contributed by atoms with Crippen molar-refractivity contribution < 1.29 is 9.53 Å². The molecule has 2 N–H and O–H groups in total. The summed E-state index contributed by atoms with van der Waals surface area (Å²) in [7, 11) is 0. The smallest absolute Gasteiger partial charge is 0.410 e. The molecule has 43 heavy (non-hydrogen) atoms. The van der Waals surface area contributed by atoms with Crippen LogP contribution < -0.4 is 0 Å². The van der Waals surface area contributed by atoms with Gasteiger partial charge in [0.05, 0.1) is 35.3 Å². The maximum Gasteiger partial charge on any atom is 0.410 e. The van der Waals surface area contributed by atoms with E-state index in [1.54, 1.807) is 4.90 Å². The Morgan fingerprint density at radius 2 is 1.44 bits per heavy atom. The van der Waals surface area contributed by atoms with Gasteiger partial charge in [0.25, 0.3) is 0 Å². The number of ether oxygens (including phenoxy) is 1. The number of hydrogen-bond acceptors (Lipinski definition) is 5. The lowest BCUT2D eigenvalue weighted by molar-refractivity contribution is 0.0218. The maximum absolute atomic E-state index is 12.8. The molecule has 1 amide bonds. The molecule has 5 aromatic rings. The second-order valence-electron chi connectivity index (χ2n) is 12.9. The van der Waals surface area contributed by atoms with Crippen LogP contribution in [0.1, 0.15) is 82.9 Å². The standard InChI is InChI=1S/C35H38N6O2/c1-35(2,3)43-34(42)41-16-6-9-31(41)33-38-20-29(40-33)23-12-10-22(11-13-23)27-17-25-14-15-26(18-28(25)36-19-27)30-21-37-32(39-30)24-7-4-5-8-24/h10-15,17-21,24,31H,4-9,16H2,1-3H3,(H,37,39)(H,38,40). The van der Waals surface area contributed by atoms with E-state index in [4.69, 9.17) is 9.72 Å². The van der Waals surface area contributed by atoms with Gasteiger partial charge in [-0.3, -0.25) is 9.88 Å². The fourth-order valence-corrected chi connectivity index (χ4v) is 6.42. The molecule has 1 saturated heterocycles. The molecule has 2 fully saturated rings. The SMILES string of the molecule is CC(C)(C)OC(=O)N1CCCC1c1ncc(-c2ccc(-c3cnc4cc(-c5cnc(C6CCCC6)[nH]5)ccc4c3)cc2)[nH]1. The van der Waals surface area contributed by atoms with E-state index in [1.807, 2.05) is 39.4 Å². The lowest BCUT2D eigenvalue weighted by Gasteiger charge is -2.27. The van der Waals surface area contributed by atoms with Crippen LogP contribution in [0.3, 0.4) is 0 Å². The Balaban J connectivity index is 1.06. The molecule has 1 aliphatic heterocycles. The lowest BCUT2D eigenvalue weighted by Crippen LogP contribution is -2.36. The zero-order valence-electron chi connectivity index (χ0n) is 25.1. The first-order chi connectivity index (χ1) is 20.8. The molecule has 8 nitrogen and oxygen atoms in total. The lowest BCUT2D eigenvalue weighted by atomic mass is 10.0. The van der Waals surface area contributed by atoms with Crippen molar-refractivity contribution in [3.8, 4) is 33.6 Å². The van der Waals surface area contributed by atoms with E-state index < -0.39 is 5.60 Å². The van der Waals surface area contributed by atoms with Gasteiger partial charge in [0.15, 0.2) is 0 Å². The highest BCUT2D eigenvalue weighted by molar-refractivity contribution is 5.87. The average Bonchev–Trinajstić information content (AvgIpc) is 3.82. The molecule has 1 unspecified atom stereocenters. The number of rotatable bonds is 5. The van der Waals surface area contributed by atoms with Crippen LogP contribution in [0.15, 0.2) is 67.1 Å². The summed E-state index contributed by atoms with van der Waals surface area (Å²) in [6.07, 6.45) is 12.3. The Morgan fingerprint density at radius 1 is 0.767 bits per heavy atom. The van der Waals surface area contributed by atoms with Crippen LogP contribution in [0.4, 0.5) is 4.79 Å². The van der Waals surface area contributed by atoms with E-state index in [-0.39, 0.29) is 12.1 Å². The molecule has 0 radical (unpaired) electrons. The van der Waals surface area contributed by atoms with Crippen molar-refractivity contribution in [2.75, 3.05) is 6.54 Å². The van der Waals surface area contributed by atoms with Crippen LogP contribution in [0.2, 0.25) is 0 Å². The molecule has 7 rings (SSSR count). The molecule has 2 aliphatic rings. The van der Waals surface area contributed by atoms with Crippen LogP contribution in [-0.2, 0) is 4.74 Å². The second-order valence-corrected chi connectivity index (χ2v) is 12.9. The van der Waals surface area contributed by atoms with Crippen LogP contribution in [-0.4, -0.2) is 48.1 Å². The van der Waals surface area contributed by atoms with Gasteiger partial charge in [0, 0.05) is 35.2 Å². The van der Waals surface area contributed by atoms with Crippen LogP contribution in [0.5, 0.6) is 0 Å². The number of pyridine rings is 1. The predicted molar refractivity (Wildman–Crippen MR) is 168 cm³/mol. The number of imidazole rings is 2. The summed E-state index contributed by atoms with van der Waals surface area (Å²) in [6.45, 7) is 6.35. The van der Waals surface area contributed by atoms with Crippen LogP contribution in [0, 0.1) is 0 Å². The van der Waals surface area contributed by atoms with Gasteiger partial charge in [-0.15, -0.1) is 0 Å². The number of H-pyrrole nitrogens is 2. The summed E-state index contributed by atoms with van der Waals surface area (Å²) in [6, 6.07) is 16.9. The highest BCUT2D eigenvalue weighted by atomic mass is 16.6. The number of benzene rings is 2. The molecule has 220 valence electrons. The number of nitrogens with zero attached hydrogens (tertiary/aromatic N) is 4. The van der Waals surface area contributed by atoms with Gasteiger partial charge in [-0.25, -0.2) is 14.8 Å². The van der Waals surface area contributed by atoms with E-state index in [0.29, 0.717) is 12.5 Å². The minimum atomic E-state index is -0.525. The summed E-state index contributed by atoms with van der Waals surface area (Å²) in [5.41, 5.74) is 6.74. The Kier molecular flexibility index (Phi) is 7.00.